The quantitative estimate of drug-likeness (QED) is 0.850. The summed E-state index contributed by atoms with van der Waals surface area (Å²) in [4.78, 5) is 4.36. The third-order valence-electron chi connectivity index (χ3n) is 3.48. The second kappa shape index (κ2) is 5.97. The van der Waals surface area contributed by atoms with Crippen molar-refractivity contribution in [1.82, 2.24) is 29.9 Å². The zero-order valence-electron chi connectivity index (χ0n) is 12.1. The maximum absolute atomic E-state index is 4.36. The van der Waals surface area contributed by atoms with Gasteiger partial charge in [0.05, 0.1) is 6.20 Å². The Kier molecular flexibility index (Phi) is 4.31. The minimum Gasteiger partial charge on any atom is -0.310 e. The molecule has 1 N–H and O–H groups in total. The van der Waals surface area contributed by atoms with E-state index >= 15 is 0 Å². The molecule has 0 amide bonds. The van der Waals surface area contributed by atoms with Crippen LogP contribution in [0.3, 0.4) is 0 Å². The van der Waals surface area contributed by atoms with Crippen molar-refractivity contribution in [2.75, 3.05) is 6.54 Å². The lowest BCUT2D eigenvalue weighted by Crippen LogP contribution is -2.25. The summed E-state index contributed by atoms with van der Waals surface area (Å²) in [6.45, 7) is 8.05. The lowest BCUT2D eigenvalue weighted by molar-refractivity contribution is 0.507. The van der Waals surface area contributed by atoms with Crippen LogP contribution in [0.5, 0.6) is 0 Å². The molecule has 2 rings (SSSR count). The van der Waals surface area contributed by atoms with Crippen LogP contribution in [0.2, 0.25) is 0 Å². The van der Waals surface area contributed by atoms with Gasteiger partial charge in [-0.15, -0.1) is 0 Å². The fourth-order valence-corrected chi connectivity index (χ4v) is 2.29. The number of likely N-dealkylation sites (N-methyl/N-ethyl adjacent to an activating group) is 1. The molecule has 2 aromatic heterocycles. The van der Waals surface area contributed by atoms with Gasteiger partial charge in [-0.1, -0.05) is 6.92 Å². The number of nitrogens with one attached hydrogen (secondary N) is 1. The Balaban J connectivity index is 2.23. The summed E-state index contributed by atoms with van der Waals surface area (Å²) in [6, 6.07) is 0.230. The van der Waals surface area contributed by atoms with Gasteiger partial charge in [-0.05, 0) is 20.4 Å². The Morgan fingerprint density at radius 2 is 2.11 bits per heavy atom. The van der Waals surface area contributed by atoms with E-state index in [1.165, 1.54) is 11.3 Å². The molecule has 0 saturated carbocycles. The molecule has 0 aromatic carbocycles. The van der Waals surface area contributed by atoms with Crippen molar-refractivity contribution in [3.05, 3.63) is 29.6 Å². The summed E-state index contributed by atoms with van der Waals surface area (Å²) < 4.78 is 3.85. The zero-order chi connectivity index (χ0) is 13.8. The fraction of sp³-hybridized carbons (Fsp3) is 0.615. The molecule has 2 heterocycles. The highest BCUT2D eigenvalue weighted by Crippen LogP contribution is 2.20. The molecule has 0 aliphatic heterocycles. The van der Waals surface area contributed by atoms with Gasteiger partial charge in [0.25, 0.3) is 0 Å². The second-order valence-corrected chi connectivity index (χ2v) is 4.62. The normalized spacial score (nSPS) is 12.8. The maximum atomic E-state index is 4.36. The standard InChI is InChI=1S/C13H22N6/c1-5-14-12(11-8-16-18(4)10(11)3)7-13-15-9-17-19(13)6-2/h8-9,12,14H,5-7H2,1-4H3. The number of rotatable bonds is 6. The molecule has 0 aliphatic carbocycles. The average Bonchev–Trinajstić information content (AvgIpc) is 2.97. The summed E-state index contributed by atoms with van der Waals surface area (Å²) >= 11 is 0. The smallest absolute Gasteiger partial charge is 0.138 e. The molecule has 6 heteroatoms. The number of nitrogens with zero attached hydrogens (tertiary/aromatic N) is 5. The van der Waals surface area contributed by atoms with Crippen molar-refractivity contribution in [2.45, 2.75) is 39.8 Å². The Morgan fingerprint density at radius 3 is 2.68 bits per heavy atom. The molecule has 0 saturated heterocycles. The van der Waals surface area contributed by atoms with E-state index < -0.39 is 0 Å². The Bertz CT molecular complexity index is 527. The molecular formula is C13H22N6. The molecular weight excluding hydrogens is 240 g/mol. The molecule has 0 spiro atoms. The predicted octanol–water partition coefficient (Wildman–Crippen LogP) is 1.23. The first-order valence-corrected chi connectivity index (χ1v) is 6.75. The molecule has 2 aromatic rings. The summed E-state index contributed by atoms with van der Waals surface area (Å²) in [7, 11) is 1.97. The number of aromatic nitrogens is 5. The highest BCUT2D eigenvalue weighted by molar-refractivity contribution is 5.21. The van der Waals surface area contributed by atoms with Crippen molar-refractivity contribution in [3.63, 3.8) is 0 Å². The topological polar surface area (TPSA) is 60.6 Å². The molecule has 0 bridgehead atoms. The van der Waals surface area contributed by atoms with E-state index in [1.54, 1.807) is 6.33 Å². The summed E-state index contributed by atoms with van der Waals surface area (Å²) in [5.74, 6) is 1.01. The van der Waals surface area contributed by atoms with Gasteiger partial charge in [-0.25, -0.2) is 4.98 Å². The SMILES string of the molecule is CCNC(Cc1ncnn1CC)c1cnn(C)c1C. The average molecular weight is 262 g/mol. The van der Waals surface area contributed by atoms with Crippen molar-refractivity contribution in [2.24, 2.45) is 7.05 Å². The number of hydrogen-bond acceptors (Lipinski definition) is 4. The predicted molar refractivity (Wildman–Crippen MR) is 73.8 cm³/mol. The van der Waals surface area contributed by atoms with Crippen LogP contribution in [0.25, 0.3) is 0 Å². The number of hydrogen-bond donors (Lipinski definition) is 1. The zero-order valence-corrected chi connectivity index (χ0v) is 12.1. The molecule has 1 atom stereocenters. The minimum absolute atomic E-state index is 0.230. The highest BCUT2D eigenvalue weighted by atomic mass is 15.3. The molecule has 0 aliphatic rings. The van der Waals surface area contributed by atoms with Gasteiger partial charge in [-0.2, -0.15) is 10.2 Å². The molecule has 104 valence electrons. The monoisotopic (exact) mass is 262 g/mol. The van der Waals surface area contributed by atoms with Gasteiger partial charge in [0.15, 0.2) is 0 Å². The minimum atomic E-state index is 0.230. The van der Waals surface area contributed by atoms with Crippen molar-refractivity contribution >= 4 is 0 Å². The van der Waals surface area contributed by atoms with Crippen LogP contribution in [0.15, 0.2) is 12.5 Å². The second-order valence-electron chi connectivity index (χ2n) is 4.62. The van der Waals surface area contributed by atoms with E-state index in [2.05, 4.69) is 41.3 Å². The van der Waals surface area contributed by atoms with Crippen LogP contribution in [-0.4, -0.2) is 31.1 Å². The largest absolute Gasteiger partial charge is 0.310 e. The summed E-state index contributed by atoms with van der Waals surface area (Å²) in [5, 5.41) is 12.1. The van der Waals surface area contributed by atoms with E-state index in [4.69, 9.17) is 0 Å². The van der Waals surface area contributed by atoms with Gasteiger partial charge in [0.1, 0.15) is 12.2 Å². The first kappa shape index (κ1) is 13.7. The van der Waals surface area contributed by atoms with Crippen LogP contribution in [0.4, 0.5) is 0 Å². The molecule has 6 nitrogen and oxygen atoms in total. The summed E-state index contributed by atoms with van der Waals surface area (Å²) in [5.41, 5.74) is 2.42. The van der Waals surface area contributed by atoms with E-state index in [-0.39, 0.29) is 6.04 Å². The van der Waals surface area contributed by atoms with Gasteiger partial charge in [0.2, 0.25) is 0 Å². The fourth-order valence-electron chi connectivity index (χ4n) is 2.29. The van der Waals surface area contributed by atoms with Crippen LogP contribution in [-0.2, 0) is 20.0 Å². The van der Waals surface area contributed by atoms with E-state index in [0.29, 0.717) is 0 Å². The molecule has 1 unspecified atom stereocenters. The Morgan fingerprint density at radius 1 is 1.32 bits per heavy atom. The van der Waals surface area contributed by atoms with Gasteiger partial charge in [-0.3, -0.25) is 9.36 Å². The lowest BCUT2D eigenvalue weighted by Gasteiger charge is -2.17. The number of aryl methyl sites for hydroxylation is 2. The molecule has 0 fully saturated rings. The van der Waals surface area contributed by atoms with Crippen molar-refractivity contribution < 1.29 is 0 Å². The van der Waals surface area contributed by atoms with Gasteiger partial charge < -0.3 is 5.32 Å². The van der Waals surface area contributed by atoms with Crippen molar-refractivity contribution in [3.8, 4) is 0 Å². The van der Waals surface area contributed by atoms with Crippen LogP contribution < -0.4 is 5.32 Å². The molecule has 19 heavy (non-hydrogen) atoms. The van der Waals surface area contributed by atoms with E-state index in [9.17, 15) is 0 Å². The van der Waals surface area contributed by atoms with Crippen molar-refractivity contribution in [1.29, 1.82) is 0 Å². The van der Waals surface area contributed by atoms with E-state index in [0.717, 1.165) is 25.3 Å². The Hall–Kier alpha value is -1.69. The van der Waals surface area contributed by atoms with Crippen LogP contribution in [0.1, 0.15) is 37.0 Å². The first-order chi connectivity index (χ1) is 9.17. The third kappa shape index (κ3) is 2.84. The van der Waals surface area contributed by atoms with E-state index in [1.807, 2.05) is 22.6 Å². The Labute approximate surface area is 113 Å². The summed E-state index contributed by atoms with van der Waals surface area (Å²) in [6.07, 6.45) is 4.39. The third-order valence-corrected chi connectivity index (χ3v) is 3.48. The maximum Gasteiger partial charge on any atom is 0.138 e. The van der Waals surface area contributed by atoms with Crippen LogP contribution in [0, 0.1) is 6.92 Å². The first-order valence-electron chi connectivity index (χ1n) is 6.75. The molecule has 0 radical (unpaired) electrons. The highest BCUT2D eigenvalue weighted by Gasteiger charge is 2.18. The lowest BCUT2D eigenvalue weighted by atomic mass is 10.0. The van der Waals surface area contributed by atoms with Gasteiger partial charge >= 0.3 is 0 Å². The van der Waals surface area contributed by atoms with Crippen LogP contribution >= 0.6 is 0 Å². The van der Waals surface area contributed by atoms with Gasteiger partial charge in [0, 0.05) is 37.3 Å².